The number of nitrogens with one attached hydrogen (secondary N) is 1. The first-order chi connectivity index (χ1) is 7.79. The Morgan fingerprint density at radius 1 is 1.35 bits per heavy atom. The summed E-state index contributed by atoms with van der Waals surface area (Å²) in [7, 11) is 2.04. The molecule has 0 radical (unpaired) electrons. The van der Waals surface area contributed by atoms with Crippen LogP contribution in [0, 0.1) is 0 Å². The fourth-order valence-corrected chi connectivity index (χ4v) is 2.66. The molecule has 0 spiro atoms. The van der Waals surface area contributed by atoms with E-state index in [1.807, 2.05) is 7.05 Å². The second-order valence-electron chi connectivity index (χ2n) is 4.45. The van der Waals surface area contributed by atoms with E-state index in [-0.39, 0.29) is 12.4 Å². The Bertz CT molecular complexity index is 329. The minimum absolute atomic E-state index is 0. The average molecular weight is 320 g/mol. The van der Waals surface area contributed by atoms with Crippen molar-refractivity contribution >= 4 is 28.3 Å². The van der Waals surface area contributed by atoms with E-state index in [9.17, 15) is 0 Å². The summed E-state index contributed by atoms with van der Waals surface area (Å²) in [6.07, 6.45) is 2.67. The first kappa shape index (κ1) is 15.0. The highest BCUT2D eigenvalue weighted by Crippen LogP contribution is 2.20. The summed E-state index contributed by atoms with van der Waals surface area (Å²) in [6.45, 7) is 3.43. The third-order valence-corrected chi connectivity index (χ3v) is 3.77. The molecule has 1 aliphatic heterocycles. The molecule has 0 amide bonds. The van der Waals surface area contributed by atoms with Crippen LogP contribution in [0.5, 0.6) is 0 Å². The first-order valence-electron chi connectivity index (χ1n) is 5.92. The molecule has 2 nitrogen and oxygen atoms in total. The molecule has 0 aromatic heterocycles. The van der Waals surface area contributed by atoms with Crippen LogP contribution in [0.3, 0.4) is 0 Å². The maximum Gasteiger partial charge on any atom is 0.0237 e. The molecule has 1 saturated heterocycles. The fraction of sp³-hybridized carbons (Fsp3) is 0.538. The number of rotatable bonds is 4. The molecule has 1 aliphatic rings. The van der Waals surface area contributed by atoms with Gasteiger partial charge in [0.05, 0.1) is 0 Å². The van der Waals surface area contributed by atoms with Crippen LogP contribution in [0.4, 0.5) is 0 Å². The lowest BCUT2D eigenvalue weighted by Crippen LogP contribution is -2.36. The molecular formula is C13H20BrClN2. The van der Waals surface area contributed by atoms with Crippen molar-refractivity contribution in [3.63, 3.8) is 0 Å². The topological polar surface area (TPSA) is 15.3 Å². The van der Waals surface area contributed by atoms with Crippen molar-refractivity contribution in [2.24, 2.45) is 0 Å². The molecule has 17 heavy (non-hydrogen) atoms. The Labute approximate surface area is 118 Å². The second kappa shape index (κ2) is 7.37. The lowest BCUT2D eigenvalue weighted by atomic mass is 10.2. The minimum atomic E-state index is 0. The van der Waals surface area contributed by atoms with Gasteiger partial charge in [-0.05, 0) is 44.1 Å². The molecular weight excluding hydrogens is 300 g/mol. The van der Waals surface area contributed by atoms with Gasteiger partial charge in [-0.25, -0.2) is 0 Å². The monoisotopic (exact) mass is 318 g/mol. The lowest BCUT2D eigenvalue weighted by molar-refractivity contribution is 0.242. The van der Waals surface area contributed by atoms with Gasteiger partial charge >= 0.3 is 0 Å². The van der Waals surface area contributed by atoms with Crippen LogP contribution in [-0.2, 0) is 6.54 Å². The highest BCUT2D eigenvalue weighted by Gasteiger charge is 2.23. The molecule has 1 aromatic rings. The van der Waals surface area contributed by atoms with Gasteiger partial charge in [-0.15, -0.1) is 12.4 Å². The average Bonchev–Trinajstić information content (AvgIpc) is 2.70. The first-order valence-corrected chi connectivity index (χ1v) is 6.72. The quantitative estimate of drug-likeness (QED) is 0.917. The van der Waals surface area contributed by atoms with Gasteiger partial charge in [0.1, 0.15) is 0 Å². The molecule has 2 rings (SSSR count). The highest BCUT2D eigenvalue weighted by molar-refractivity contribution is 9.10. The third kappa shape index (κ3) is 4.25. The van der Waals surface area contributed by atoms with Gasteiger partial charge in [0.25, 0.3) is 0 Å². The van der Waals surface area contributed by atoms with E-state index < -0.39 is 0 Å². The van der Waals surface area contributed by atoms with E-state index in [0.717, 1.165) is 17.6 Å². The second-order valence-corrected chi connectivity index (χ2v) is 5.37. The summed E-state index contributed by atoms with van der Waals surface area (Å²) in [4.78, 5) is 2.58. The van der Waals surface area contributed by atoms with Crippen LogP contribution >= 0.6 is 28.3 Å². The van der Waals surface area contributed by atoms with Crippen molar-refractivity contribution < 1.29 is 0 Å². The smallest absolute Gasteiger partial charge is 0.0237 e. The molecule has 0 saturated carbocycles. The largest absolute Gasteiger partial charge is 0.318 e. The summed E-state index contributed by atoms with van der Waals surface area (Å²) in [5.41, 5.74) is 1.41. The third-order valence-electron chi connectivity index (χ3n) is 3.24. The van der Waals surface area contributed by atoms with Crippen LogP contribution in [-0.4, -0.2) is 31.1 Å². The molecule has 1 unspecified atom stereocenters. The minimum Gasteiger partial charge on any atom is -0.318 e. The molecule has 1 aromatic carbocycles. The molecule has 1 fully saturated rings. The van der Waals surface area contributed by atoms with Gasteiger partial charge < -0.3 is 5.32 Å². The predicted molar refractivity (Wildman–Crippen MR) is 78.7 cm³/mol. The van der Waals surface area contributed by atoms with E-state index in [2.05, 4.69) is 50.4 Å². The molecule has 1 atom stereocenters. The normalized spacial score (nSPS) is 20.2. The zero-order valence-electron chi connectivity index (χ0n) is 10.2. The van der Waals surface area contributed by atoms with Crippen molar-refractivity contribution in [1.82, 2.24) is 10.2 Å². The number of halogens is 2. The van der Waals surface area contributed by atoms with Gasteiger partial charge in [0.2, 0.25) is 0 Å². The summed E-state index contributed by atoms with van der Waals surface area (Å²) in [5, 5.41) is 3.29. The molecule has 96 valence electrons. The maximum absolute atomic E-state index is 3.47. The Hall–Kier alpha value is -0.0900. The molecule has 1 heterocycles. The number of nitrogens with zero attached hydrogens (tertiary/aromatic N) is 1. The van der Waals surface area contributed by atoms with Gasteiger partial charge in [-0.3, -0.25) is 4.90 Å². The van der Waals surface area contributed by atoms with E-state index >= 15 is 0 Å². The predicted octanol–water partition coefficient (Wildman–Crippen LogP) is 3.05. The number of hydrogen-bond acceptors (Lipinski definition) is 2. The standard InChI is InChI=1S/C13H19BrN2.ClH/c1-15-9-13-3-2-8-16(13)10-11-4-6-12(14)7-5-11;/h4-7,13,15H,2-3,8-10H2,1H3;1H. The number of benzene rings is 1. The van der Waals surface area contributed by atoms with Crippen molar-refractivity contribution in [2.75, 3.05) is 20.1 Å². The highest BCUT2D eigenvalue weighted by atomic mass is 79.9. The SMILES string of the molecule is CNCC1CCCN1Cc1ccc(Br)cc1.Cl. The van der Waals surface area contributed by atoms with Crippen LogP contribution in [0.1, 0.15) is 18.4 Å². The summed E-state index contributed by atoms with van der Waals surface area (Å²) in [5.74, 6) is 0. The maximum atomic E-state index is 3.47. The van der Waals surface area contributed by atoms with Crippen molar-refractivity contribution in [3.05, 3.63) is 34.3 Å². The van der Waals surface area contributed by atoms with E-state index in [4.69, 9.17) is 0 Å². The Morgan fingerprint density at radius 3 is 2.71 bits per heavy atom. The fourth-order valence-electron chi connectivity index (χ4n) is 2.39. The van der Waals surface area contributed by atoms with Gasteiger partial charge in [-0.2, -0.15) is 0 Å². The van der Waals surface area contributed by atoms with Crippen LogP contribution < -0.4 is 5.32 Å². The van der Waals surface area contributed by atoms with E-state index in [1.165, 1.54) is 24.9 Å². The van der Waals surface area contributed by atoms with Gasteiger partial charge in [0.15, 0.2) is 0 Å². The van der Waals surface area contributed by atoms with E-state index in [1.54, 1.807) is 0 Å². The Kier molecular flexibility index (Phi) is 6.49. The van der Waals surface area contributed by atoms with Crippen molar-refractivity contribution in [1.29, 1.82) is 0 Å². The zero-order chi connectivity index (χ0) is 11.4. The van der Waals surface area contributed by atoms with Crippen molar-refractivity contribution in [3.8, 4) is 0 Å². The molecule has 0 bridgehead atoms. The number of hydrogen-bond donors (Lipinski definition) is 1. The van der Waals surface area contributed by atoms with Crippen LogP contribution in [0.25, 0.3) is 0 Å². The molecule has 0 aliphatic carbocycles. The summed E-state index contributed by atoms with van der Waals surface area (Å²) in [6, 6.07) is 9.38. The molecule has 1 N–H and O–H groups in total. The Morgan fingerprint density at radius 2 is 2.06 bits per heavy atom. The summed E-state index contributed by atoms with van der Waals surface area (Å²) >= 11 is 3.47. The number of likely N-dealkylation sites (tertiary alicyclic amines) is 1. The lowest BCUT2D eigenvalue weighted by Gasteiger charge is -2.24. The van der Waals surface area contributed by atoms with Gasteiger partial charge in [-0.1, -0.05) is 28.1 Å². The van der Waals surface area contributed by atoms with Crippen molar-refractivity contribution in [2.45, 2.75) is 25.4 Å². The van der Waals surface area contributed by atoms with Gasteiger partial charge in [0, 0.05) is 23.6 Å². The Balaban J connectivity index is 0.00000144. The van der Waals surface area contributed by atoms with Crippen LogP contribution in [0.2, 0.25) is 0 Å². The van der Waals surface area contributed by atoms with E-state index in [0.29, 0.717) is 6.04 Å². The zero-order valence-corrected chi connectivity index (χ0v) is 12.6. The number of likely N-dealkylation sites (N-methyl/N-ethyl adjacent to an activating group) is 1. The summed E-state index contributed by atoms with van der Waals surface area (Å²) < 4.78 is 1.16. The van der Waals surface area contributed by atoms with Crippen LogP contribution in [0.15, 0.2) is 28.7 Å². The molecule has 4 heteroatoms.